The molecule has 2 aromatic carbocycles. The van der Waals surface area contributed by atoms with Crippen LogP contribution in [-0.4, -0.2) is 39.3 Å². The van der Waals surface area contributed by atoms with Crippen LogP contribution in [0.5, 0.6) is 0 Å². The van der Waals surface area contributed by atoms with Gasteiger partial charge >= 0.3 is 11.9 Å². The Hall–Kier alpha value is -3.81. The van der Waals surface area contributed by atoms with Crippen molar-refractivity contribution in [1.29, 1.82) is 0 Å². The predicted molar refractivity (Wildman–Crippen MR) is 137 cm³/mol. The number of carbonyl (C=O) groups excluding carboxylic acids is 3. The Morgan fingerprint density at radius 2 is 1.89 bits per heavy atom. The van der Waals surface area contributed by atoms with E-state index in [2.05, 4.69) is 10.3 Å². The monoisotopic (exact) mass is 503 g/mol. The van der Waals surface area contributed by atoms with Crippen molar-refractivity contribution in [2.24, 2.45) is 5.92 Å². The van der Waals surface area contributed by atoms with E-state index in [0.717, 1.165) is 28.9 Å². The molecule has 2 atom stereocenters. The Balaban J connectivity index is 1.42. The molecule has 8 heteroatoms. The van der Waals surface area contributed by atoms with Crippen LogP contribution in [0.4, 0.5) is 0 Å². The van der Waals surface area contributed by atoms with Crippen LogP contribution in [-0.2, 0) is 45.1 Å². The molecular weight excluding hydrogens is 470 g/mol. The van der Waals surface area contributed by atoms with E-state index >= 15 is 0 Å². The molecule has 0 saturated carbocycles. The molecule has 0 N–H and O–H groups in total. The summed E-state index contributed by atoms with van der Waals surface area (Å²) in [5.41, 5.74) is 4.24. The van der Waals surface area contributed by atoms with Crippen LogP contribution in [0.25, 0.3) is 0 Å². The van der Waals surface area contributed by atoms with E-state index in [0.29, 0.717) is 31.4 Å². The Labute approximate surface area is 217 Å². The molecule has 0 radical (unpaired) electrons. The number of rotatable bonds is 12. The van der Waals surface area contributed by atoms with Crippen LogP contribution in [0.3, 0.4) is 0 Å². The van der Waals surface area contributed by atoms with Gasteiger partial charge in [0, 0.05) is 24.2 Å². The number of Topliss-reactive ketones (excluding diaryl/α,β-unsaturated/α-hetero) is 1. The number of fused-ring (bicyclic) bond motifs is 1. The van der Waals surface area contributed by atoms with E-state index in [1.807, 2.05) is 61.7 Å². The van der Waals surface area contributed by atoms with E-state index in [9.17, 15) is 14.4 Å². The largest absolute Gasteiger partial charge is 0.466 e. The van der Waals surface area contributed by atoms with E-state index in [1.54, 1.807) is 11.6 Å². The third kappa shape index (κ3) is 6.90. The molecule has 1 heterocycles. The lowest BCUT2D eigenvalue weighted by molar-refractivity contribution is -0.146. The number of ether oxygens (including phenoxy) is 2. The summed E-state index contributed by atoms with van der Waals surface area (Å²) < 4.78 is 12.4. The number of aryl methyl sites for hydroxylation is 2. The molecule has 8 nitrogen and oxygen atoms in total. The fourth-order valence-electron chi connectivity index (χ4n) is 4.73. The maximum absolute atomic E-state index is 13.2. The highest BCUT2D eigenvalue weighted by Crippen LogP contribution is 2.34. The number of aromatic nitrogens is 3. The zero-order valence-electron chi connectivity index (χ0n) is 21.4. The lowest BCUT2D eigenvalue weighted by Crippen LogP contribution is -2.16. The number of benzene rings is 2. The summed E-state index contributed by atoms with van der Waals surface area (Å²) in [6.45, 7) is 5.04. The average Bonchev–Trinajstić information content (AvgIpc) is 3.50. The highest BCUT2D eigenvalue weighted by molar-refractivity contribution is 6.03. The standard InChI is InChI=1S/C29H33N3O5/c1-3-32-18-25(30-31-32)13-12-22(16-27(33)36-4-2)21-10-11-23-14-24(29(35)26(23)15-21)17-28(34)37-19-20-8-6-5-7-9-20/h5-11,15,18,22,24H,3-4,12-14,16-17,19H2,1-2H3. The lowest BCUT2D eigenvalue weighted by atomic mass is 9.88. The third-order valence-corrected chi connectivity index (χ3v) is 6.74. The summed E-state index contributed by atoms with van der Waals surface area (Å²) in [6.07, 6.45) is 4.02. The molecule has 1 aliphatic carbocycles. The minimum absolute atomic E-state index is 0.0470. The number of hydrogen-bond donors (Lipinski definition) is 0. The smallest absolute Gasteiger partial charge is 0.306 e. The maximum atomic E-state index is 13.2. The highest BCUT2D eigenvalue weighted by atomic mass is 16.5. The van der Waals surface area contributed by atoms with Gasteiger partial charge in [-0.1, -0.05) is 47.7 Å². The molecule has 0 amide bonds. The van der Waals surface area contributed by atoms with Gasteiger partial charge in [0.05, 0.1) is 25.1 Å². The fraction of sp³-hybridized carbons (Fsp3) is 0.414. The molecule has 1 aliphatic rings. The van der Waals surface area contributed by atoms with Gasteiger partial charge in [-0.15, -0.1) is 5.10 Å². The molecule has 0 saturated heterocycles. The Bertz CT molecular complexity index is 1240. The van der Waals surface area contributed by atoms with E-state index < -0.39 is 5.92 Å². The summed E-state index contributed by atoms with van der Waals surface area (Å²) >= 11 is 0. The van der Waals surface area contributed by atoms with Gasteiger partial charge in [0.2, 0.25) is 0 Å². The first kappa shape index (κ1) is 26.3. The second kappa shape index (κ2) is 12.4. The lowest BCUT2D eigenvalue weighted by Gasteiger charge is -2.17. The van der Waals surface area contributed by atoms with Crippen molar-refractivity contribution in [2.75, 3.05) is 6.61 Å². The minimum Gasteiger partial charge on any atom is -0.466 e. The molecule has 1 aromatic heterocycles. The van der Waals surface area contributed by atoms with Gasteiger partial charge in [0.1, 0.15) is 6.61 Å². The molecule has 194 valence electrons. The van der Waals surface area contributed by atoms with Crippen molar-refractivity contribution >= 4 is 17.7 Å². The molecule has 4 rings (SSSR count). The fourth-order valence-corrected chi connectivity index (χ4v) is 4.73. The Morgan fingerprint density at radius 3 is 2.62 bits per heavy atom. The molecule has 2 unspecified atom stereocenters. The highest BCUT2D eigenvalue weighted by Gasteiger charge is 2.33. The number of ketones is 1. The number of carbonyl (C=O) groups is 3. The van der Waals surface area contributed by atoms with E-state index in [4.69, 9.17) is 9.47 Å². The zero-order valence-corrected chi connectivity index (χ0v) is 21.4. The van der Waals surface area contributed by atoms with E-state index in [1.165, 1.54) is 0 Å². The van der Waals surface area contributed by atoms with E-state index in [-0.39, 0.29) is 43.1 Å². The summed E-state index contributed by atoms with van der Waals surface area (Å²) in [5, 5.41) is 8.30. The molecule has 0 aliphatic heterocycles. The van der Waals surface area contributed by atoms with Crippen LogP contribution in [0.15, 0.2) is 54.7 Å². The average molecular weight is 504 g/mol. The van der Waals surface area contributed by atoms with Crippen molar-refractivity contribution < 1.29 is 23.9 Å². The normalized spacial score (nSPS) is 15.3. The van der Waals surface area contributed by atoms with Crippen LogP contribution < -0.4 is 0 Å². The minimum atomic E-state index is -0.430. The van der Waals surface area contributed by atoms with Crippen LogP contribution in [0, 0.1) is 5.92 Å². The van der Waals surface area contributed by atoms with Gasteiger partial charge in [-0.05, 0) is 61.8 Å². The summed E-state index contributed by atoms with van der Waals surface area (Å²) in [7, 11) is 0. The van der Waals surface area contributed by atoms with Crippen LogP contribution in [0.1, 0.15) is 71.8 Å². The first-order valence-electron chi connectivity index (χ1n) is 12.9. The van der Waals surface area contributed by atoms with Crippen LogP contribution >= 0.6 is 0 Å². The van der Waals surface area contributed by atoms with Crippen molar-refractivity contribution in [3.05, 3.63) is 82.7 Å². The zero-order chi connectivity index (χ0) is 26.2. The first-order valence-corrected chi connectivity index (χ1v) is 12.9. The second-order valence-corrected chi connectivity index (χ2v) is 9.34. The molecule has 0 bridgehead atoms. The Kier molecular flexibility index (Phi) is 8.82. The molecule has 0 spiro atoms. The second-order valence-electron chi connectivity index (χ2n) is 9.34. The van der Waals surface area contributed by atoms with Crippen molar-refractivity contribution in [3.63, 3.8) is 0 Å². The topological polar surface area (TPSA) is 100 Å². The van der Waals surface area contributed by atoms with Gasteiger partial charge in [-0.25, -0.2) is 0 Å². The molecule has 3 aromatic rings. The van der Waals surface area contributed by atoms with Gasteiger partial charge < -0.3 is 9.47 Å². The molecule has 37 heavy (non-hydrogen) atoms. The maximum Gasteiger partial charge on any atom is 0.306 e. The van der Waals surface area contributed by atoms with Gasteiger partial charge in [-0.3, -0.25) is 19.1 Å². The summed E-state index contributed by atoms with van der Waals surface area (Å²) in [4.78, 5) is 38.0. The van der Waals surface area contributed by atoms with Gasteiger partial charge in [0.15, 0.2) is 5.78 Å². The number of esters is 2. The first-order chi connectivity index (χ1) is 18.0. The van der Waals surface area contributed by atoms with Gasteiger partial charge in [0.25, 0.3) is 0 Å². The number of hydrogen-bond acceptors (Lipinski definition) is 7. The molecule has 0 fully saturated rings. The van der Waals surface area contributed by atoms with Crippen molar-refractivity contribution in [3.8, 4) is 0 Å². The predicted octanol–water partition coefficient (Wildman–Crippen LogP) is 4.46. The van der Waals surface area contributed by atoms with Gasteiger partial charge in [-0.2, -0.15) is 0 Å². The van der Waals surface area contributed by atoms with Crippen LogP contribution in [0.2, 0.25) is 0 Å². The molecular formula is C29H33N3O5. The Morgan fingerprint density at radius 1 is 1.08 bits per heavy atom. The number of nitrogens with zero attached hydrogens (tertiary/aromatic N) is 3. The SMILES string of the molecule is CCOC(=O)CC(CCc1cn(CC)nn1)c1ccc2c(c1)C(=O)C(CC(=O)OCc1ccccc1)C2. The van der Waals surface area contributed by atoms with Crippen molar-refractivity contribution in [1.82, 2.24) is 15.0 Å². The van der Waals surface area contributed by atoms with Crippen molar-refractivity contribution in [2.45, 2.75) is 65.0 Å². The summed E-state index contributed by atoms with van der Waals surface area (Å²) in [6, 6.07) is 15.3. The quantitative estimate of drug-likeness (QED) is 0.337. The third-order valence-electron chi connectivity index (χ3n) is 6.74. The summed E-state index contributed by atoms with van der Waals surface area (Å²) in [5.74, 6) is -1.25.